The van der Waals surface area contributed by atoms with Crippen LogP contribution in [0.25, 0.3) is 43.2 Å². The lowest BCUT2D eigenvalue weighted by Crippen LogP contribution is -1.91. The monoisotopic (exact) mass is 329 g/mol. The zero-order valence-electron chi connectivity index (χ0n) is 13.7. The predicted octanol–water partition coefficient (Wildman–Crippen LogP) is 5.44. The molecule has 0 radical (unpaired) electrons. The quantitative estimate of drug-likeness (QED) is 0.355. The molecule has 0 spiro atoms. The van der Waals surface area contributed by atoms with Crippen LogP contribution in [0.2, 0.25) is 0 Å². The van der Waals surface area contributed by atoms with Gasteiger partial charge in [-0.25, -0.2) is 0 Å². The molecule has 4 aromatic carbocycles. The maximum atomic E-state index is 9.49. The predicted molar refractivity (Wildman–Crippen MR) is 104 cm³/mol. The van der Waals surface area contributed by atoms with E-state index < -0.39 is 0 Å². The minimum absolute atomic E-state index is 0.381. The number of aromatic nitrogens is 1. The van der Waals surface area contributed by atoms with E-state index in [0.29, 0.717) is 11.1 Å². The third-order valence-corrected chi connectivity index (χ3v) is 4.95. The van der Waals surface area contributed by atoms with Crippen molar-refractivity contribution in [2.45, 2.75) is 0 Å². The van der Waals surface area contributed by atoms with E-state index in [2.05, 4.69) is 47.5 Å². The smallest absolute Gasteiger partial charge is 0.101 e. The molecule has 5 aromatic rings. The maximum Gasteiger partial charge on any atom is 0.101 e. The van der Waals surface area contributed by atoms with E-state index in [1.165, 1.54) is 0 Å². The molecule has 0 bridgehead atoms. The highest BCUT2D eigenvalue weighted by Gasteiger charge is 2.14. The van der Waals surface area contributed by atoms with Gasteiger partial charge in [0.25, 0.3) is 0 Å². The molecule has 0 fully saturated rings. The SMILES string of the molecule is N#Cc1cc2c(cc1C#N)c1c3ccccc3ccc1c1cccnc12. The van der Waals surface area contributed by atoms with Crippen LogP contribution in [-0.2, 0) is 0 Å². The summed E-state index contributed by atoms with van der Waals surface area (Å²) in [5.74, 6) is 0. The molecule has 3 nitrogen and oxygen atoms in total. The van der Waals surface area contributed by atoms with Crippen molar-refractivity contribution < 1.29 is 0 Å². The number of nitriles is 2. The number of pyridine rings is 1. The second-order valence-corrected chi connectivity index (χ2v) is 6.28. The lowest BCUT2D eigenvalue weighted by atomic mass is 9.91. The molecule has 0 N–H and O–H groups in total. The fourth-order valence-electron chi connectivity index (χ4n) is 3.81. The number of nitrogens with zero attached hydrogens (tertiary/aromatic N) is 3. The van der Waals surface area contributed by atoms with Gasteiger partial charge in [-0.1, -0.05) is 42.5 Å². The average Bonchev–Trinajstić information content (AvgIpc) is 2.72. The van der Waals surface area contributed by atoms with Gasteiger partial charge < -0.3 is 0 Å². The van der Waals surface area contributed by atoms with Gasteiger partial charge in [-0.2, -0.15) is 10.5 Å². The van der Waals surface area contributed by atoms with Gasteiger partial charge in [-0.15, -0.1) is 0 Å². The summed E-state index contributed by atoms with van der Waals surface area (Å²) in [6.07, 6.45) is 1.76. The first-order chi connectivity index (χ1) is 12.8. The average molecular weight is 329 g/mol. The Morgan fingerprint density at radius 3 is 2.19 bits per heavy atom. The van der Waals surface area contributed by atoms with E-state index in [9.17, 15) is 10.5 Å². The van der Waals surface area contributed by atoms with Gasteiger partial charge in [0.05, 0.1) is 16.6 Å². The number of hydrogen-bond acceptors (Lipinski definition) is 3. The summed E-state index contributed by atoms with van der Waals surface area (Å²) < 4.78 is 0. The third kappa shape index (κ3) is 1.83. The fraction of sp³-hybridized carbons (Fsp3) is 0. The van der Waals surface area contributed by atoms with Crippen LogP contribution in [0.15, 0.2) is 66.9 Å². The summed E-state index contributed by atoms with van der Waals surface area (Å²) in [5, 5.41) is 26.3. The summed E-state index contributed by atoms with van der Waals surface area (Å²) in [5.41, 5.74) is 1.63. The highest BCUT2D eigenvalue weighted by atomic mass is 14.6. The summed E-state index contributed by atoms with van der Waals surface area (Å²) in [4.78, 5) is 4.58. The Hall–Kier alpha value is -3.95. The Balaban J connectivity index is 2.20. The van der Waals surface area contributed by atoms with Gasteiger partial charge in [0.1, 0.15) is 12.1 Å². The molecule has 0 aliphatic heterocycles. The molecule has 3 heteroatoms. The van der Waals surface area contributed by atoms with Gasteiger partial charge >= 0.3 is 0 Å². The Kier molecular flexibility index (Phi) is 2.92. The zero-order valence-corrected chi connectivity index (χ0v) is 13.7. The molecule has 0 atom stereocenters. The largest absolute Gasteiger partial charge is 0.256 e. The first kappa shape index (κ1) is 14.4. The highest BCUT2D eigenvalue weighted by molar-refractivity contribution is 6.30. The molecule has 0 saturated carbocycles. The molecule has 26 heavy (non-hydrogen) atoms. The van der Waals surface area contributed by atoms with Crippen LogP contribution in [0, 0.1) is 22.7 Å². The number of fused-ring (bicyclic) bond motifs is 8. The number of hydrogen-bond donors (Lipinski definition) is 0. The zero-order chi connectivity index (χ0) is 17.7. The van der Waals surface area contributed by atoms with Gasteiger partial charge in [-0.3, -0.25) is 4.98 Å². The fourth-order valence-corrected chi connectivity index (χ4v) is 3.81. The van der Waals surface area contributed by atoms with Crippen molar-refractivity contribution in [1.82, 2.24) is 4.98 Å². The van der Waals surface area contributed by atoms with Crippen molar-refractivity contribution in [2.24, 2.45) is 0 Å². The van der Waals surface area contributed by atoms with Crippen molar-refractivity contribution in [2.75, 3.05) is 0 Å². The first-order valence-electron chi connectivity index (χ1n) is 8.28. The van der Waals surface area contributed by atoms with Crippen molar-refractivity contribution >= 4 is 43.2 Å². The number of benzene rings is 4. The highest BCUT2D eigenvalue weighted by Crippen LogP contribution is 2.38. The number of rotatable bonds is 0. The van der Waals surface area contributed by atoms with E-state index in [4.69, 9.17) is 0 Å². The molecule has 0 unspecified atom stereocenters. The Morgan fingerprint density at radius 1 is 0.654 bits per heavy atom. The molecule has 0 aliphatic carbocycles. The molecule has 1 aromatic heterocycles. The molecule has 1 heterocycles. The third-order valence-electron chi connectivity index (χ3n) is 4.95. The standard InChI is InChI=1S/C23H11N3/c24-12-15-10-20-21(11-16(15)13-25)23-19(6-3-9-26-23)18-8-7-14-4-1-2-5-17(14)22(18)20/h1-11H. The van der Waals surface area contributed by atoms with E-state index in [-0.39, 0.29) is 0 Å². The summed E-state index contributed by atoms with van der Waals surface area (Å²) in [6.45, 7) is 0. The second-order valence-electron chi connectivity index (χ2n) is 6.28. The molecule has 0 saturated heterocycles. The molecule has 0 amide bonds. The van der Waals surface area contributed by atoms with Crippen LogP contribution in [0.4, 0.5) is 0 Å². The van der Waals surface area contributed by atoms with Gasteiger partial charge in [0.15, 0.2) is 0 Å². The summed E-state index contributed by atoms with van der Waals surface area (Å²) >= 11 is 0. The van der Waals surface area contributed by atoms with E-state index >= 15 is 0 Å². The Labute approximate surface area is 149 Å². The van der Waals surface area contributed by atoms with Crippen LogP contribution in [-0.4, -0.2) is 4.98 Å². The van der Waals surface area contributed by atoms with Gasteiger partial charge in [0.2, 0.25) is 0 Å². The maximum absolute atomic E-state index is 9.49. The normalized spacial score (nSPS) is 11.0. The molecular weight excluding hydrogens is 318 g/mol. The van der Waals surface area contributed by atoms with Crippen molar-refractivity contribution in [1.29, 1.82) is 10.5 Å². The minimum atomic E-state index is 0.381. The van der Waals surface area contributed by atoms with Gasteiger partial charge in [-0.05, 0) is 45.1 Å². The van der Waals surface area contributed by atoms with Crippen molar-refractivity contribution in [3.63, 3.8) is 0 Å². The van der Waals surface area contributed by atoms with Gasteiger partial charge in [0, 0.05) is 17.0 Å². The molecular formula is C23H11N3. The van der Waals surface area contributed by atoms with E-state index in [0.717, 1.165) is 43.2 Å². The van der Waals surface area contributed by atoms with Crippen LogP contribution in [0.5, 0.6) is 0 Å². The molecule has 118 valence electrons. The Morgan fingerprint density at radius 2 is 1.38 bits per heavy atom. The topological polar surface area (TPSA) is 60.5 Å². The Bertz CT molecular complexity index is 1440. The summed E-state index contributed by atoms with van der Waals surface area (Å²) in [7, 11) is 0. The first-order valence-corrected chi connectivity index (χ1v) is 8.28. The van der Waals surface area contributed by atoms with Crippen molar-refractivity contribution in [3.8, 4) is 12.1 Å². The molecule has 0 aliphatic rings. The van der Waals surface area contributed by atoms with Crippen LogP contribution >= 0.6 is 0 Å². The van der Waals surface area contributed by atoms with Crippen LogP contribution in [0.3, 0.4) is 0 Å². The van der Waals surface area contributed by atoms with Crippen molar-refractivity contribution in [3.05, 3.63) is 78.0 Å². The second kappa shape index (κ2) is 5.28. The lowest BCUT2D eigenvalue weighted by molar-refractivity contribution is 1.42. The van der Waals surface area contributed by atoms with Crippen LogP contribution < -0.4 is 0 Å². The van der Waals surface area contributed by atoms with E-state index in [1.54, 1.807) is 12.3 Å². The summed E-state index contributed by atoms with van der Waals surface area (Å²) in [6, 6.07) is 24.4. The van der Waals surface area contributed by atoms with E-state index in [1.807, 2.05) is 24.3 Å². The minimum Gasteiger partial charge on any atom is -0.256 e. The van der Waals surface area contributed by atoms with Crippen LogP contribution in [0.1, 0.15) is 11.1 Å². The lowest BCUT2D eigenvalue weighted by Gasteiger charge is -2.13. The molecule has 5 rings (SSSR count).